The van der Waals surface area contributed by atoms with Gasteiger partial charge in [-0.15, -0.1) is 0 Å². The highest BCUT2D eigenvalue weighted by Crippen LogP contribution is 2.71. The molecule has 4 saturated carbocycles. The molecule has 5 aliphatic carbocycles. The summed E-state index contributed by atoms with van der Waals surface area (Å²) in [5.74, 6) is 5.19. The van der Waals surface area contributed by atoms with E-state index in [1.54, 1.807) is 5.57 Å². The van der Waals surface area contributed by atoms with E-state index in [9.17, 15) is 4.79 Å². The zero-order valence-corrected chi connectivity index (χ0v) is 19.9. The normalized spacial score (nSPS) is 52.1. The van der Waals surface area contributed by atoms with Gasteiger partial charge < -0.3 is 0 Å². The van der Waals surface area contributed by atoms with Gasteiger partial charge in [-0.05, 0) is 102 Å². The molecule has 0 radical (unpaired) electrons. The Morgan fingerprint density at radius 1 is 0.862 bits per heavy atom. The summed E-state index contributed by atoms with van der Waals surface area (Å²) in [5, 5.41) is 0. The van der Waals surface area contributed by atoms with Gasteiger partial charge in [-0.3, -0.25) is 4.79 Å². The van der Waals surface area contributed by atoms with Gasteiger partial charge in [0.2, 0.25) is 0 Å². The summed E-state index contributed by atoms with van der Waals surface area (Å²) >= 11 is 0. The van der Waals surface area contributed by atoms with Crippen LogP contribution in [0.3, 0.4) is 0 Å². The highest BCUT2D eigenvalue weighted by atomic mass is 16.1. The first kappa shape index (κ1) is 20.3. The second-order valence-corrected chi connectivity index (χ2v) is 13.1. The molecule has 0 spiro atoms. The fourth-order valence-corrected chi connectivity index (χ4v) is 10.3. The fraction of sp³-hybridized carbons (Fsp3) is 0.893. The molecule has 1 heteroatoms. The number of carbonyl (C=O) groups is 1. The van der Waals surface area contributed by atoms with Gasteiger partial charge in [0.05, 0.1) is 0 Å². The van der Waals surface area contributed by atoms with E-state index in [0.717, 1.165) is 30.1 Å². The molecule has 0 amide bonds. The standard InChI is InChI=1S/C28H44O/c1-17(2)24-22(29)16-26(4)14-11-21-19(25(24)26)9-10-23-27(5)13-7-8-18(3)20(27)12-15-28(21,23)6/h17-21,23H,7-16H2,1-6H3. The molecule has 0 saturated heterocycles. The van der Waals surface area contributed by atoms with Gasteiger partial charge in [-0.1, -0.05) is 60.0 Å². The van der Waals surface area contributed by atoms with Crippen LogP contribution in [-0.4, -0.2) is 5.78 Å². The van der Waals surface area contributed by atoms with Crippen LogP contribution in [0.4, 0.5) is 0 Å². The minimum atomic E-state index is 0.182. The zero-order valence-electron chi connectivity index (χ0n) is 19.9. The molecule has 4 fully saturated rings. The lowest BCUT2D eigenvalue weighted by Gasteiger charge is -2.66. The molecule has 0 bridgehead atoms. The second-order valence-electron chi connectivity index (χ2n) is 13.1. The molecule has 0 aliphatic heterocycles. The zero-order chi connectivity index (χ0) is 20.8. The van der Waals surface area contributed by atoms with E-state index in [2.05, 4.69) is 41.5 Å². The first-order valence-corrected chi connectivity index (χ1v) is 12.9. The smallest absolute Gasteiger partial charge is 0.159 e. The van der Waals surface area contributed by atoms with Gasteiger partial charge in [-0.25, -0.2) is 0 Å². The van der Waals surface area contributed by atoms with Crippen molar-refractivity contribution in [1.82, 2.24) is 0 Å². The van der Waals surface area contributed by atoms with Crippen molar-refractivity contribution in [3.05, 3.63) is 11.1 Å². The molecule has 8 unspecified atom stereocenters. The monoisotopic (exact) mass is 396 g/mol. The van der Waals surface area contributed by atoms with Gasteiger partial charge in [0.1, 0.15) is 0 Å². The molecule has 5 aliphatic rings. The maximum atomic E-state index is 13.0. The minimum Gasteiger partial charge on any atom is -0.295 e. The molecule has 0 aromatic carbocycles. The average molecular weight is 397 g/mol. The number of rotatable bonds is 1. The topological polar surface area (TPSA) is 17.1 Å². The van der Waals surface area contributed by atoms with Crippen molar-refractivity contribution in [3.63, 3.8) is 0 Å². The van der Waals surface area contributed by atoms with E-state index in [1.165, 1.54) is 63.4 Å². The van der Waals surface area contributed by atoms with Crippen LogP contribution in [0.2, 0.25) is 0 Å². The van der Waals surface area contributed by atoms with Crippen LogP contribution < -0.4 is 0 Å². The van der Waals surface area contributed by atoms with E-state index in [0.29, 0.717) is 28.4 Å². The number of allylic oxidation sites excluding steroid dienone is 2. The quantitative estimate of drug-likeness (QED) is 0.446. The van der Waals surface area contributed by atoms with Crippen LogP contribution >= 0.6 is 0 Å². The van der Waals surface area contributed by atoms with Crippen LogP contribution in [-0.2, 0) is 4.79 Å². The lowest BCUT2D eigenvalue weighted by molar-refractivity contribution is -0.161. The highest BCUT2D eigenvalue weighted by Gasteiger charge is 2.63. The van der Waals surface area contributed by atoms with Crippen molar-refractivity contribution in [1.29, 1.82) is 0 Å². The third-order valence-corrected chi connectivity index (χ3v) is 11.3. The molecule has 162 valence electrons. The number of carbonyl (C=O) groups excluding carboxylic acids is 1. The van der Waals surface area contributed by atoms with Crippen LogP contribution in [0, 0.1) is 51.8 Å². The Balaban J connectivity index is 1.55. The summed E-state index contributed by atoms with van der Waals surface area (Å²) < 4.78 is 0. The number of hydrogen-bond acceptors (Lipinski definition) is 1. The minimum absolute atomic E-state index is 0.182. The summed E-state index contributed by atoms with van der Waals surface area (Å²) in [5.41, 5.74) is 4.15. The third kappa shape index (κ3) is 2.61. The van der Waals surface area contributed by atoms with Gasteiger partial charge in [0.25, 0.3) is 0 Å². The first-order valence-electron chi connectivity index (χ1n) is 12.9. The summed E-state index contributed by atoms with van der Waals surface area (Å²) in [4.78, 5) is 13.0. The predicted octanol–water partition coefficient (Wildman–Crippen LogP) is 7.60. The molecule has 0 heterocycles. The molecule has 0 aromatic rings. The van der Waals surface area contributed by atoms with Gasteiger partial charge >= 0.3 is 0 Å². The van der Waals surface area contributed by atoms with Crippen molar-refractivity contribution in [2.75, 3.05) is 0 Å². The maximum absolute atomic E-state index is 13.0. The number of Topliss-reactive ketones (excluding diaryl/α,β-unsaturated/α-hetero) is 1. The molecule has 1 nitrogen and oxygen atoms in total. The highest BCUT2D eigenvalue weighted by molar-refractivity contribution is 6.00. The summed E-state index contributed by atoms with van der Waals surface area (Å²) in [6.07, 6.45) is 13.5. The lowest BCUT2D eigenvalue weighted by atomic mass is 9.38. The van der Waals surface area contributed by atoms with E-state index in [1.807, 2.05) is 0 Å². The Hall–Kier alpha value is -0.590. The molecule has 0 N–H and O–H groups in total. The van der Waals surface area contributed by atoms with Gasteiger partial charge in [0.15, 0.2) is 5.78 Å². The largest absolute Gasteiger partial charge is 0.295 e. The van der Waals surface area contributed by atoms with E-state index < -0.39 is 0 Å². The molecule has 5 rings (SSSR count). The molecular weight excluding hydrogens is 352 g/mol. The number of ketones is 1. The van der Waals surface area contributed by atoms with Crippen molar-refractivity contribution >= 4 is 5.78 Å². The van der Waals surface area contributed by atoms with Crippen molar-refractivity contribution in [2.24, 2.45) is 51.8 Å². The Labute approximate surface area is 179 Å². The second kappa shape index (κ2) is 6.46. The molecule has 0 aromatic heterocycles. The van der Waals surface area contributed by atoms with E-state index in [-0.39, 0.29) is 5.41 Å². The SMILES string of the molecule is CC(C)C1=C2C3CCC4C5(C)CCCC(C)C5CCC4(C)C3CCC2(C)CC1=O. The Bertz CT molecular complexity index is 745. The van der Waals surface area contributed by atoms with Crippen LogP contribution in [0.25, 0.3) is 0 Å². The summed E-state index contributed by atoms with van der Waals surface area (Å²) in [6, 6.07) is 0. The van der Waals surface area contributed by atoms with Gasteiger partial charge in [0, 0.05) is 6.42 Å². The number of fused-ring (bicyclic) bond motifs is 7. The summed E-state index contributed by atoms with van der Waals surface area (Å²) in [6.45, 7) is 14.9. The number of hydrogen-bond donors (Lipinski definition) is 0. The molecule has 29 heavy (non-hydrogen) atoms. The van der Waals surface area contributed by atoms with Crippen LogP contribution in [0.5, 0.6) is 0 Å². The van der Waals surface area contributed by atoms with Gasteiger partial charge in [-0.2, -0.15) is 0 Å². The van der Waals surface area contributed by atoms with E-state index in [4.69, 9.17) is 0 Å². The lowest BCUT2D eigenvalue weighted by Crippen LogP contribution is -2.59. The van der Waals surface area contributed by atoms with Crippen molar-refractivity contribution < 1.29 is 4.79 Å². The maximum Gasteiger partial charge on any atom is 0.159 e. The predicted molar refractivity (Wildman–Crippen MR) is 120 cm³/mol. The van der Waals surface area contributed by atoms with Crippen molar-refractivity contribution in [2.45, 2.75) is 106 Å². The third-order valence-electron chi connectivity index (χ3n) is 11.3. The molecule has 8 atom stereocenters. The Morgan fingerprint density at radius 3 is 2.28 bits per heavy atom. The summed E-state index contributed by atoms with van der Waals surface area (Å²) in [7, 11) is 0. The first-order chi connectivity index (χ1) is 13.6. The Morgan fingerprint density at radius 2 is 1.55 bits per heavy atom. The fourth-order valence-electron chi connectivity index (χ4n) is 10.3. The molecular formula is C28H44O. The van der Waals surface area contributed by atoms with E-state index >= 15 is 0 Å². The average Bonchev–Trinajstić information content (AvgIpc) is 2.91. The van der Waals surface area contributed by atoms with Crippen molar-refractivity contribution in [3.8, 4) is 0 Å². The van der Waals surface area contributed by atoms with Crippen LogP contribution in [0.1, 0.15) is 106 Å². The Kier molecular flexibility index (Phi) is 4.53. The van der Waals surface area contributed by atoms with Crippen LogP contribution in [0.15, 0.2) is 11.1 Å².